The topological polar surface area (TPSA) is 52.0 Å². The summed E-state index contributed by atoms with van der Waals surface area (Å²) in [6.07, 6.45) is 0. The number of nitrogens with one attached hydrogen (secondary N) is 2. The SMILES string of the molecule is COc1ccc([C@@H](CNC(=O)c2cc(F)c(F)cc2Cl)[NH+](C)C)cc1OC. The molecule has 0 radical (unpaired) electrons. The van der Waals surface area contributed by atoms with E-state index in [2.05, 4.69) is 5.32 Å². The molecule has 1 amide bonds. The van der Waals surface area contributed by atoms with Gasteiger partial charge in [-0.2, -0.15) is 0 Å². The number of rotatable bonds is 7. The van der Waals surface area contributed by atoms with E-state index in [1.807, 2.05) is 26.2 Å². The Morgan fingerprint density at radius 3 is 2.33 bits per heavy atom. The summed E-state index contributed by atoms with van der Waals surface area (Å²) in [5.74, 6) is -1.62. The highest BCUT2D eigenvalue weighted by Gasteiger charge is 2.22. The standard InChI is InChI=1S/C19H21ClF2N2O3/c1-24(2)16(11-5-6-17(26-3)18(7-11)27-4)10-23-19(25)12-8-14(21)15(22)9-13(12)20/h5-9,16H,10H2,1-4H3,(H,23,25)/p+1/t16-/m1/s1. The molecule has 0 fully saturated rings. The van der Waals surface area contributed by atoms with Crippen LogP contribution in [-0.2, 0) is 0 Å². The fourth-order valence-electron chi connectivity index (χ4n) is 2.71. The Bertz CT molecular complexity index is 831. The molecule has 2 rings (SSSR count). The second-order valence-corrected chi connectivity index (χ2v) is 6.61. The molecule has 0 aromatic heterocycles. The summed E-state index contributed by atoms with van der Waals surface area (Å²) < 4.78 is 37.2. The molecule has 2 aromatic carbocycles. The number of hydrogen-bond donors (Lipinski definition) is 2. The minimum Gasteiger partial charge on any atom is -0.493 e. The van der Waals surface area contributed by atoms with E-state index in [1.165, 1.54) is 0 Å². The van der Waals surface area contributed by atoms with Crippen LogP contribution >= 0.6 is 11.6 Å². The van der Waals surface area contributed by atoms with E-state index in [0.29, 0.717) is 11.5 Å². The predicted octanol–water partition coefficient (Wildman–Crippen LogP) is 2.25. The van der Waals surface area contributed by atoms with Gasteiger partial charge in [0, 0.05) is 5.56 Å². The molecule has 0 saturated carbocycles. The Morgan fingerprint density at radius 1 is 1.11 bits per heavy atom. The Morgan fingerprint density at radius 2 is 1.74 bits per heavy atom. The van der Waals surface area contributed by atoms with Crippen molar-refractivity contribution in [1.29, 1.82) is 0 Å². The zero-order chi connectivity index (χ0) is 20.1. The van der Waals surface area contributed by atoms with Gasteiger partial charge in [-0.15, -0.1) is 0 Å². The third kappa shape index (κ3) is 4.87. The lowest BCUT2D eigenvalue weighted by molar-refractivity contribution is -0.890. The van der Waals surface area contributed by atoms with Gasteiger partial charge >= 0.3 is 0 Å². The third-order valence-corrected chi connectivity index (χ3v) is 4.54. The molecular weight excluding hydrogens is 378 g/mol. The van der Waals surface area contributed by atoms with Gasteiger partial charge in [0.15, 0.2) is 23.1 Å². The van der Waals surface area contributed by atoms with Gasteiger partial charge in [-0.1, -0.05) is 11.6 Å². The number of methoxy groups -OCH3 is 2. The van der Waals surface area contributed by atoms with Gasteiger partial charge in [0.1, 0.15) is 6.04 Å². The van der Waals surface area contributed by atoms with Crippen LogP contribution in [0.4, 0.5) is 8.78 Å². The largest absolute Gasteiger partial charge is 0.493 e. The van der Waals surface area contributed by atoms with Crippen molar-refractivity contribution >= 4 is 17.5 Å². The molecule has 1 atom stereocenters. The van der Waals surface area contributed by atoms with Crippen LogP contribution in [0.25, 0.3) is 0 Å². The lowest BCUT2D eigenvalue weighted by atomic mass is 10.0. The first-order valence-corrected chi connectivity index (χ1v) is 8.61. The number of ether oxygens (including phenoxy) is 2. The van der Waals surface area contributed by atoms with Crippen LogP contribution in [-0.4, -0.2) is 40.8 Å². The number of carbonyl (C=O) groups is 1. The van der Waals surface area contributed by atoms with Crippen molar-refractivity contribution in [3.8, 4) is 11.5 Å². The number of quaternary nitrogens is 1. The maximum absolute atomic E-state index is 13.4. The number of halogens is 3. The zero-order valence-electron chi connectivity index (χ0n) is 15.5. The first-order chi connectivity index (χ1) is 12.8. The lowest BCUT2D eigenvalue weighted by Crippen LogP contribution is -3.07. The van der Waals surface area contributed by atoms with Crippen molar-refractivity contribution in [1.82, 2.24) is 5.32 Å². The summed E-state index contributed by atoms with van der Waals surface area (Å²) >= 11 is 5.86. The number of hydrogen-bond acceptors (Lipinski definition) is 3. The quantitative estimate of drug-likeness (QED) is 0.702. The maximum atomic E-state index is 13.4. The third-order valence-electron chi connectivity index (χ3n) is 4.23. The van der Waals surface area contributed by atoms with Gasteiger partial charge in [0.2, 0.25) is 0 Å². The molecule has 0 aliphatic carbocycles. The molecule has 8 heteroatoms. The van der Waals surface area contributed by atoms with E-state index in [4.69, 9.17) is 21.1 Å². The second-order valence-electron chi connectivity index (χ2n) is 6.20. The van der Waals surface area contributed by atoms with E-state index in [0.717, 1.165) is 22.6 Å². The molecule has 146 valence electrons. The molecule has 0 spiro atoms. The Labute approximate surface area is 161 Å². The van der Waals surface area contributed by atoms with Gasteiger partial charge in [0.25, 0.3) is 5.91 Å². The highest BCUT2D eigenvalue weighted by molar-refractivity contribution is 6.33. The summed E-state index contributed by atoms with van der Waals surface area (Å²) in [7, 11) is 6.99. The summed E-state index contributed by atoms with van der Waals surface area (Å²) in [4.78, 5) is 13.4. The van der Waals surface area contributed by atoms with E-state index in [-0.39, 0.29) is 23.2 Å². The Balaban J connectivity index is 2.20. The summed E-state index contributed by atoms with van der Waals surface area (Å²) in [6, 6.07) is 6.98. The van der Waals surface area contributed by atoms with E-state index in [1.54, 1.807) is 20.3 Å². The van der Waals surface area contributed by atoms with E-state index < -0.39 is 17.5 Å². The van der Waals surface area contributed by atoms with E-state index >= 15 is 0 Å². The van der Waals surface area contributed by atoms with Gasteiger partial charge in [-0.3, -0.25) is 4.79 Å². The number of likely N-dealkylation sites (N-methyl/N-ethyl adjacent to an activating group) is 1. The van der Waals surface area contributed by atoms with Gasteiger partial charge in [-0.25, -0.2) is 8.78 Å². The summed E-state index contributed by atoms with van der Waals surface area (Å²) in [6.45, 7) is 0.256. The average molecular weight is 400 g/mol. The first kappa shape index (κ1) is 20.9. The Hall–Kier alpha value is -2.38. The first-order valence-electron chi connectivity index (χ1n) is 8.23. The molecule has 0 aliphatic heterocycles. The second kappa shape index (κ2) is 9.01. The van der Waals surface area contributed by atoms with Crippen LogP contribution in [0.1, 0.15) is 22.0 Å². The number of amides is 1. The molecule has 0 aliphatic rings. The highest BCUT2D eigenvalue weighted by Crippen LogP contribution is 2.29. The molecule has 0 bridgehead atoms. The predicted molar refractivity (Wildman–Crippen MR) is 98.8 cm³/mol. The van der Waals surface area contributed by atoms with Gasteiger partial charge in [0.05, 0.1) is 45.4 Å². The normalized spacial score (nSPS) is 12.0. The molecule has 5 nitrogen and oxygen atoms in total. The number of benzene rings is 2. The molecule has 0 heterocycles. The lowest BCUT2D eigenvalue weighted by Gasteiger charge is -2.23. The van der Waals surface area contributed by atoms with Crippen LogP contribution in [0.2, 0.25) is 5.02 Å². The highest BCUT2D eigenvalue weighted by atomic mass is 35.5. The van der Waals surface area contributed by atoms with Gasteiger partial charge in [-0.05, 0) is 30.3 Å². The summed E-state index contributed by atoms with van der Waals surface area (Å²) in [5, 5.41) is 2.58. The summed E-state index contributed by atoms with van der Waals surface area (Å²) in [5.41, 5.74) is 0.805. The molecule has 27 heavy (non-hydrogen) atoms. The van der Waals surface area contributed by atoms with Crippen molar-refractivity contribution in [3.05, 3.63) is 58.1 Å². The fourth-order valence-corrected chi connectivity index (χ4v) is 2.95. The van der Waals surface area contributed by atoms with Gasteiger partial charge < -0.3 is 19.7 Å². The maximum Gasteiger partial charge on any atom is 0.253 e. The van der Waals surface area contributed by atoms with Crippen molar-refractivity contribution in [2.75, 3.05) is 34.9 Å². The Kier molecular flexibility index (Phi) is 6.98. The molecule has 0 saturated heterocycles. The minimum atomic E-state index is -1.13. The van der Waals surface area contributed by atoms with Crippen LogP contribution in [0.5, 0.6) is 11.5 Å². The molecule has 0 unspecified atom stereocenters. The van der Waals surface area contributed by atoms with Crippen molar-refractivity contribution in [2.24, 2.45) is 0 Å². The minimum absolute atomic E-state index is 0.113. The molecule has 2 N–H and O–H groups in total. The van der Waals surface area contributed by atoms with E-state index in [9.17, 15) is 13.6 Å². The van der Waals surface area contributed by atoms with Crippen molar-refractivity contribution in [2.45, 2.75) is 6.04 Å². The van der Waals surface area contributed by atoms with Crippen LogP contribution in [0, 0.1) is 11.6 Å². The smallest absolute Gasteiger partial charge is 0.253 e. The monoisotopic (exact) mass is 399 g/mol. The van der Waals surface area contributed by atoms with Crippen LogP contribution in [0.3, 0.4) is 0 Å². The van der Waals surface area contributed by atoms with Crippen LogP contribution < -0.4 is 19.7 Å². The fraction of sp³-hybridized carbons (Fsp3) is 0.316. The van der Waals surface area contributed by atoms with Crippen molar-refractivity contribution in [3.63, 3.8) is 0 Å². The number of carbonyl (C=O) groups excluding carboxylic acids is 1. The average Bonchev–Trinajstić information content (AvgIpc) is 2.64. The van der Waals surface area contributed by atoms with Crippen LogP contribution in [0.15, 0.2) is 30.3 Å². The molecular formula is C19H22ClF2N2O3+. The van der Waals surface area contributed by atoms with Crippen molar-refractivity contribution < 1.29 is 27.9 Å². The molecule has 2 aromatic rings. The zero-order valence-corrected chi connectivity index (χ0v) is 16.3.